The maximum absolute atomic E-state index is 11.8. The summed E-state index contributed by atoms with van der Waals surface area (Å²) in [7, 11) is 0. The lowest BCUT2D eigenvalue weighted by Gasteiger charge is -2.18. The second kappa shape index (κ2) is 7.50. The predicted octanol–water partition coefficient (Wildman–Crippen LogP) is 2.54. The number of aliphatic hydroxyl groups is 1. The first-order valence-corrected chi connectivity index (χ1v) is 7.13. The molecular weight excluding hydrogens is 310 g/mol. The number of benzene rings is 1. The van der Waals surface area contributed by atoms with E-state index in [1.54, 1.807) is 13.0 Å². The third kappa shape index (κ3) is 4.51. The predicted molar refractivity (Wildman–Crippen MR) is 78.2 cm³/mol. The normalized spacial score (nSPS) is 12.1. The van der Waals surface area contributed by atoms with Crippen LogP contribution in [0.25, 0.3) is 0 Å². The molecule has 0 spiro atoms. The van der Waals surface area contributed by atoms with E-state index in [2.05, 4.69) is 21.2 Å². The molecule has 0 radical (unpaired) electrons. The molecule has 1 amide bonds. The third-order valence-corrected chi connectivity index (χ3v) is 3.16. The largest absolute Gasteiger partial charge is 0.480 e. The Labute approximate surface area is 122 Å². The van der Waals surface area contributed by atoms with Crippen molar-refractivity contribution in [3.63, 3.8) is 0 Å². The third-order valence-electron chi connectivity index (χ3n) is 2.70. The van der Waals surface area contributed by atoms with Gasteiger partial charge in [0.05, 0.1) is 6.61 Å². The molecule has 0 fully saturated rings. The molecule has 0 bridgehead atoms. The maximum atomic E-state index is 11.8. The lowest BCUT2D eigenvalue weighted by atomic mass is 10.1. The van der Waals surface area contributed by atoms with E-state index >= 15 is 0 Å². The lowest BCUT2D eigenvalue weighted by molar-refractivity contribution is -0.127. The van der Waals surface area contributed by atoms with Gasteiger partial charge in [-0.3, -0.25) is 4.79 Å². The zero-order valence-electron chi connectivity index (χ0n) is 11.5. The first-order valence-electron chi connectivity index (χ1n) is 6.33. The summed E-state index contributed by atoms with van der Waals surface area (Å²) in [6, 6.07) is 3.68. The van der Waals surface area contributed by atoms with Gasteiger partial charge in [-0.1, -0.05) is 22.9 Å². The zero-order chi connectivity index (χ0) is 14.4. The fourth-order valence-corrected chi connectivity index (χ4v) is 2.33. The van der Waals surface area contributed by atoms with Gasteiger partial charge in [0.2, 0.25) is 0 Å². The molecule has 1 atom stereocenters. The van der Waals surface area contributed by atoms with Crippen LogP contribution in [-0.4, -0.2) is 23.7 Å². The van der Waals surface area contributed by atoms with E-state index in [1.165, 1.54) is 0 Å². The van der Waals surface area contributed by atoms with Gasteiger partial charge in [0.15, 0.2) is 6.10 Å². The van der Waals surface area contributed by atoms with Gasteiger partial charge in [-0.2, -0.15) is 0 Å². The molecule has 0 aliphatic rings. The monoisotopic (exact) mass is 329 g/mol. The molecule has 0 aliphatic carbocycles. The van der Waals surface area contributed by atoms with E-state index in [1.807, 2.05) is 19.9 Å². The van der Waals surface area contributed by atoms with E-state index in [9.17, 15) is 9.90 Å². The molecular formula is C14H20BrNO3. The molecule has 4 nitrogen and oxygen atoms in total. The van der Waals surface area contributed by atoms with Gasteiger partial charge >= 0.3 is 0 Å². The van der Waals surface area contributed by atoms with Crippen LogP contribution in [0.2, 0.25) is 0 Å². The highest BCUT2D eigenvalue weighted by Crippen LogP contribution is 2.29. The minimum absolute atomic E-state index is 0.126. The minimum Gasteiger partial charge on any atom is -0.480 e. The topological polar surface area (TPSA) is 58.6 Å². The maximum Gasteiger partial charge on any atom is 0.260 e. The van der Waals surface area contributed by atoms with Gasteiger partial charge in [0, 0.05) is 16.6 Å². The fraction of sp³-hybridized carbons (Fsp3) is 0.500. The van der Waals surface area contributed by atoms with Gasteiger partial charge < -0.3 is 15.2 Å². The molecule has 1 aromatic rings. The Morgan fingerprint density at radius 3 is 2.79 bits per heavy atom. The summed E-state index contributed by atoms with van der Waals surface area (Å²) in [5.41, 5.74) is 1.55. The van der Waals surface area contributed by atoms with E-state index in [0.717, 1.165) is 16.5 Å². The summed E-state index contributed by atoms with van der Waals surface area (Å²) >= 11 is 3.37. The standard InChI is InChI=1S/C14H20BrNO3/c1-4-5-16-14(18)10(3)19-13-9(2)6-12(15)7-11(13)8-17/h6-7,10,17H,4-5,8H2,1-3H3,(H,16,18). The van der Waals surface area contributed by atoms with E-state index < -0.39 is 6.10 Å². The number of rotatable bonds is 6. The van der Waals surface area contributed by atoms with Crippen LogP contribution in [0.5, 0.6) is 5.75 Å². The molecule has 1 unspecified atom stereocenters. The Morgan fingerprint density at radius 2 is 2.21 bits per heavy atom. The molecule has 19 heavy (non-hydrogen) atoms. The van der Waals surface area contributed by atoms with E-state index in [-0.39, 0.29) is 12.5 Å². The van der Waals surface area contributed by atoms with Crippen molar-refractivity contribution in [1.29, 1.82) is 0 Å². The number of hydrogen-bond donors (Lipinski definition) is 2. The molecule has 0 saturated heterocycles. The highest BCUT2D eigenvalue weighted by molar-refractivity contribution is 9.10. The number of ether oxygens (including phenoxy) is 1. The fourth-order valence-electron chi connectivity index (χ4n) is 1.71. The molecule has 5 heteroatoms. The lowest BCUT2D eigenvalue weighted by Crippen LogP contribution is -2.36. The van der Waals surface area contributed by atoms with Gasteiger partial charge in [-0.25, -0.2) is 0 Å². The van der Waals surface area contributed by atoms with Crippen LogP contribution in [0.1, 0.15) is 31.4 Å². The molecule has 0 aromatic heterocycles. The number of halogens is 1. The van der Waals surface area contributed by atoms with Gasteiger partial charge in [-0.05, 0) is 38.0 Å². The summed E-state index contributed by atoms with van der Waals surface area (Å²) in [5.74, 6) is 0.429. The van der Waals surface area contributed by atoms with Crippen molar-refractivity contribution in [2.75, 3.05) is 6.54 Å². The number of carbonyl (C=O) groups is 1. The van der Waals surface area contributed by atoms with E-state index in [0.29, 0.717) is 17.9 Å². The molecule has 0 heterocycles. The van der Waals surface area contributed by atoms with Gasteiger partial charge in [0.1, 0.15) is 5.75 Å². The molecule has 1 rings (SSSR count). The Kier molecular flexibility index (Phi) is 6.31. The number of amides is 1. The highest BCUT2D eigenvalue weighted by atomic mass is 79.9. The van der Waals surface area contributed by atoms with Crippen molar-refractivity contribution >= 4 is 21.8 Å². The second-order valence-electron chi connectivity index (χ2n) is 4.42. The van der Waals surface area contributed by atoms with Crippen molar-refractivity contribution in [2.45, 2.75) is 39.9 Å². The van der Waals surface area contributed by atoms with Crippen LogP contribution in [0.3, 0.4) is 0 Å². The highest BCUT2D eigenvalue weighted by Gasteiger charge is 2.17. The van der Waals surface area contributed by atoms with Crippen LogP contribution < -0.4 is 10.1 Å². The smallest absolute Gasteiger partial charge is 0.260 e. The number of hydrogen-bond acceptors (Lipinski definition) is 3. The van der Waals surface area contributed by atoms with Crippen molar-refractivity contribution in [3.05, 3.63) is 27.7 Å². The quantitative estimate of drug-likeness (QED) is 0.843. The number of nitrogens with one attached hydrogen (secondary N) is 1. The van der Waals surface area contributed by atoms with Crippen molar-refractivity contribution in [1.82, 2.24) is 5.32 Å². The van der Waals surface area contributed by atoms with Crippen LogP contribution in [0, 0.1) is 6.92 Å². The molecule has 106 valence electrons. The van der Waals surface area contributed by atoms with Crippen LogP contribution in [-0.2, 0) is 11.4 Å². The second-order valence-corrected chi connectivity index (χ2v) is 5.34. The zero-order valence-corrected chi connectivity index (χ0v) is 13.1. The first-order chi connectivity index (χ1) is 8.99. The van der Waals surface area contributed by atoms with Crippen LogP contribution >= 0.6 is 15.9 Å². The minimum atomic E-state index is -0.586. The molecule has 2 N–H and O–H groups in total. The molecule has 0 saturated carbocycles. The van der Waals surface area contributed by atoms with Crippen LogP contribution in [0.15, 0.2) is 16.6 Å². The van der Waals surface area contributed by atoms with Crippen LogP contribution in [0.4, 0.5) is 0 Å². The molecule has 0 aliphatic heterocycles. The van der Waals surface area contributed by atoms with Crippen molar-refractivity contribution in [2.24, 2.45) is 0 Å². The Balaban J connectivity index is 2.84. The summed E-state index contributed by atoms with van der Waals surface area (Å²) < 4.78 is 6.57. The average Bonchev–Trinajstić information content (AvgIpc) is 2.38. The average molecular weight is 330 g/mol. The van der Waals surface area contributed by atoms with Crippen molar-refractivity contribution < 1.29 is 14.6 Å². The number of aliphatic hydroxyl groups excluding tert-OH is 1. The Morgan fingerprint density at radius 1 is 1.53 bits per heavy atom. The number of aryl methyl sites for hydroxylation is 1. The summed E-state index contributed by atoms with van der Waals surface area (Å²) in [4.78, 5) is 11.8. The Bertz CT molecular complexity index is 449. The first kappa shape index (κ1) is 16.0. The van der Waals surface area contributed by atoms with Gasteiger partial charge in [-0.15, -0.1) is 0 Å². The van der Waals surface area contributed by atoms with Gasteiger partial charge in [0.25, 0.3) is 5.91 Å². The molecule has 1 aromatic carbocycles. The SMILES string of the molecule is CCCNC(=O)C(C)Oc1c(C)cc(Br)cc1CO. The van der Waals surface area contributed by atoms with Crippen molar-refractivity contribution in [3.8, 4) is 5.75 Å². The summed E-state index contributed by atoms with van der Waals surface area (Å²) in [6.07, 6.45) is 0.300. The summed E-state index contributed by atoms with van der Waals surface area (Å²) in [6.45, 7) is 6.09. The Hall–Kier alpha value is -1.07. The summed E-state index contributed by atoms with van der Waals surface area (Å²) in [5, 5.41) is 12.1. The number of carbonyl (C=O) groups excluding carboxylic acids is 1. The van der Waals surface area contributed by atoms with E-state index in [4.69, 9.17) is 4.74 Å².